The molecular weight excluding hydrogens is 192 g/mol. The van der Waals surface area contributed by atoms with Crippen molar-refractivity contribution < 1.29 is 14.3 Å². The first-order valence-electron chi connectivity index (χ1n) is 5.43. The minimum absolute atomic E-state index is 0.219. The fraction of sp³-hybridized carbons (Fsp3) is 0.667. The van der Waals surface area contributed by atoms with E-state index in [0.717, 1.165) is 32.0 Å². The van der Waals surface area contributed by atoms with Gasteiger partial charge in [0.15, 0.2) is 0 Å². The molecule has 0 aromatic rings. The Morgan fingerprint density at radius 3 is 2.53 bits per heavy atom. The third kappa shape index (κ3) is 3.50. The van der Waals surface area contributed by atoms with Crippen LogP contribution in [0.15, 0.2) is 12.2 Å². The van der Waals surface area contributed by atoms with Crippen LogP contribution < -0.4 is 0 Å². The molecule has 1 rings (SSSR count). The van der Waals surface area contributed by atoms with Crippen LogP contribution in [-0.4, -0.2) is 19.4 Å². The van der Waals surface area contributed by atoms with E-state index in [1.807, 2.05) is 0 Å². The Morgan fingerprint density at radius 1 is 1.33 bits per heavy atom. The van der Waals surface area contributed by atoms with Crippen molar-refractivity contribution in [1.82, 2.24) is 0 Å². The summed E-state index contributed by atoms with van der Waals surface area (Å²) in [5.74, 6) is -0.355. The summed E-state index contributed by atoms with van der Waals surface area (Å²) in [6, 6.07) is 0. The van der Waals surface area contributed by atoms with Gasteiger partial charge in [0.25, 0.3) is 0 Å². The van der Waals surface area contributed by atoms with Gasteiger partial charge >= 0.3 is 5.97 Å². The third-order valence-electron chi connectivity index (χ3n) is 3.08. The Balaban J connectivity index is 2.49. The fourth-order valence-corrected chi connectivity index (χ4v) is 2.08. The standard InChI is InChI=1S/C12H18O3/c1-15-11(14)6-5-9-12(10-13)7-3-2-4-8-12/h5-6,10H,2-4,7-9H2,1H3. The maximum Gasteiger partial charge on any atom is 0.330 e. The van der Waals surface area contributed by atoms with E-state index in [1.165, 1.54) is 19.6 Å². The molecule has 0 amide bonds. The van der Waals surface area contributed by atoms with Gasteiger partial charge < -0.3 is 9.53 Å². The molecule has 1 saturated carbocycles. The van der Waals surface area contributed by atoms with E-state index in [-0.39, 0.29) is 11.4 Å². The lowest BCUT2D eigenvalue weighted by atomic mass is 9.73. The lowest BCUT2D eigenvalue weighted by molar-refractivity contribution is -0.134. The number of carbonyl (C=O) groups is 2. The Bertz CT molecular complexity index is 250. The van der Waals surface area contributed by atoms with Crippen molar-refractivity contribution in [2.24, 2.45) is 5.41 Å². The fourth-order valence-electron chi connectivity index (χ4n) is 2.08. The summed E-state index contributed by atoms with van der Waals surface area (Å²) in [6.45, 7) is 0. The van der Waals surface area contributed by atoms with Crippen molar-refractivity contribution in [2.75, 3.05) is 7.11 Å². The number of hydrogen-bond acceptors (Lipinski definition) is 3. The number of methoxy groups -OCH3 is 1. The van der Waals surface area contributed by atoms with E-state index in [1.54, 1.807) is 6.08 Å². The maximum atomic E-state index is 11.1. The van der Waals surface area contributed by atoms with Crippen LogP contribution >= 0.6 is 0 Å². The van der Waals surface area contributed by atoms with Gasteiger partial charge in [-0.1, -0.05) is 25.3 Å². The summed E-state index contributed by atoms with van der Waals surface area (Å²) in [5, 5.41) is 0. The normalized spacial score (nSPS) is 20.1. The average molecular weight is 210 g/mol. The van der Waals surface area contributed by atoms with Gasteiger partial charge in [-0.15, -0.1) is 0 Å². The quantitative estimate of drug-likeness (QED) is 0.406. The van der Waals surface area contributed by atoms with Gasteiger partial charge in [-0.25, -0.2) is 4.79 Å². The molecule has 1 fully saturated rings. The third-order valence-corrected chi connectivity index (χ3v) is 3.08. The highest BCUT2D eigenvalue weighted by Gasteiger charge is 2.30. The summed E-state index contributed by atoms with van der Waals surface area (Å²) in [6.07, 6.45) is 10.2. The molecule has 0 saturated heterocycles. The molecule has 0 unspecified atom stereocenters. The van der Waals surface area contributed by atoms with Crippen LogP contribution in [0, 0.1) is 5.41 Å². The van der Waals surface area contributed by atoms with Crippen LogP contribution in [0.4, 0.5) is 0 Å². The molecule has 3 nitrogen and oxygen atoms in total. The van der Waals surface area contributed by atoms with Crippen LogP contribution in [0.25, 0.3) is 0 Å². The average Bonchev–Trinajstić information content (AvgIpc) is 2.30. The van der Waals surface area contributed by atoms with Crippen molar-refractivity contribution in [3.05, 3.63) is 12.2 Å². The van der Waals surface area contributed by atoms with E-state index >= 15 is 0 Å². The molecule has 0 aliphatic heterocycles. The lowest BCUT2D eigenvalue weighted by Crippen LogP contribution is -2.25. The van der Waals surface area contributed by atoms with Crippen molar-refractivity contribution in [3.63, 3.8) is 0 Å². The second kappa shape index (κ2) is 5.69. The zero-order valence-electron chi connectivity index (χ0n) is 9.20. The summed E-state index contributed by atoms with van der Waals surface area (Å²) in [4.78, 5) is 21.9. The number of carbonyl (C=O) groups excluding carboxylic acids is 2. The summed E-state index contributed by atoms with van der Waals surface area (Å²) >= 11 is 0. The highest BCUT2D eigenvalue weighted by atomic mass is 16.5. The second-order valence-electron chi connectivity index (χ2n) is 4.17. The number of rotatable bonds is 4. The highest BCUT2D eigenvalue weighted by molar-refractivity contribution is 5.81. The molecule has 0 spiro atoms. The molecule has 84 valence electrons. The Hall–Kier alpha value is -1.12. The van der Waals surface area contributed by atoms with Crippen molar-refractivity contribution >= 4 is 12.3 Å². The molecule has 0 aromatic carbocycles. The lowest BCUT2D eigenvalue weighted by Gasteiger charge is -2.30. The van der Waals surface area contributed by atoms with Crippen LogP contribution in [0.2, 0.25) is 0 Å². The Morgan fingerprint density at radius 2 is 2.00 bits per heavy atom. The molecule has 3 heteroatoms. The zero-order valence-corrected chi connectivity index (χ0v) is 9.20. The van der Waals surface area contributed by atoms with E-state index < -0.39 is 0 Å². The maximum absolute atomic E-state index is 11.1. The number of aldehydes is 1. The molecule has 1 aliphatic carbocycles. The Kier molecular flexibility index (Phi) is 4.53. The number of allylic oxidation sites excluding steroid dienone is 1. The molecule has 1 aliphatic rings. The number of ether oxygens (including phenoxy) is 1. The number of esters is 1. The van der Waals surface area contributed by atoms with Gasteiger partial charge in [0.2, 0.25) is 0 Å². The van der Waals surface area contributed by atoms with E-state index in [4.69, 9.17) is 0 Å². The van der Waals surface area contributed by atoms with Crippen molar-refractivity contribution in [1.29, 1.82) is 0 Å². The molecule has 0 aromatic heterocycles. The minimum Gasteiger partial charge on any atom is -0.466 e. The zero-order chi connectivity index (χ0) is 11.1. The first kappa shape index (κ1) is 12.0. The van der Waals surface area contributed by atoms with Crippen LogP contribution in [0.1, 0.15) is 38.5 Å². The summed E-state index contributed by atoms with van der Waals surface area (Å²) in [5.41, 5.74) is -0.219. The first-order valence-corrected chi connectivity index (χ1v) is 5.43. The summed E-state index contributed by atoms with van der Waals surface area (Å²) < 4.78 is 4.49. The highest BCUT2D eigenvalue weighted by Crippen LogP contribution is 2.37. The Labute approximate surface area is 90.5 Å². The molecule has 0 heterocycles. The number of hydrogen-bond donors (Lipinski definition) is 0. The topological polar surface area (TPSA) is 43.4 Å². The predicted octanol–water partition coefficient (Wildman–Crippen LogP) is 2.26. The van der Waals surface area contributed by atoms with E-state index in [0.29, 0.717) is 6.42 Å². The van der Waals surface area contributed by atoms with Crippen LogP contribution in [0.3, 0.4) is 0 Å². The van der Waals surface area contributed by atoms with E-state index in [2.05, 4.69) is 4.74 Å². The molecule has 0 N–H and O–H groups in total. The predicted molar refractivity (Wildman–Crippen MR) is 57.4 cm³/mol. The first-order chi connectivity index (χ1) is 7.22. The SMILES string of the molecule is COC(=O)C=CCC1(C=O)CCCCC1. The van der Waals surface area contributed by atoms with Crippen LogP contribution in [0.5, 0.6) is 0 Å². The van der Waals surface area contributed by atoms with Crippen LogP contribution in [-0.2, 0) is 14.3 Å². The summed E-state index contributed by atoms with van der Waals surface area (Å²) in [7, 11) is 1.35. The largest absolute Gasteiger partial charge is 0.466 e. The molecule has 0 radical (unpaired) electrons. The minimum atomic E-state index is -0.355. The molecular formula is C12H18O3. The molecule has 0 atom stereocenters. The smallest absolute Gasteiger partial charge is 0.330 e. The molecule has 15 heavy (non-hydrogen) atoms. The van der Waals surface area contributed by atoms with Gasteiger partial charge in [-0.05, 0) is 19.3 Å². The van der Waals surface area contributed by atoms with Gasteiger partial charge in [0, 0.05) is 11.5 Å². The van der Waals surface area contributed by atoms with Gasteiger partial charge in [-0.2, -0.15) is 0 Å². The van der Waals surface area contributed by atoms with Crippen molar-refractivity contribution in [2.45, 2.75) is 38.5 Å². The van der Waals surface area contributed by atoms with Gasteiger partial charge in [-0.3, -0.25) is 0 Å². The van der Waals surface area contributed by atoms with Crippen molar-refractivity contribution in [3.8, 4) is 0 Å². The molecule has 0 bridgehead atoms. The monoisotopic (exact) mass is 210 g/mol. The van der Waals surface area contributed by atoms with E-state index in [9.17, 15) is 9.59 Å². The van der Waals surface area contributed by atoms with Gasteiger partial charge in [0.05, 0.1) is 7.11 Å². The second-order valence-corrected chi connectivity index (χ2v) is 4.17. The van der Waals surface area contributed by atoms with Gasteiger partial charge in [0.1, 0.15) is 6.29 Å².